The average Bonchev–Trinajstić information content (AvgIpc) is 2.54. The summed E-state index contributed by atoms with van der Waals surface area (Å²) in [7, 11) is 0. The van der Waals surface area contributed by atoms with Crippen molar-refractivity contribution in [1.82, 2.24) is 0 Å². The molecule has 0 amide bonds. The van der Waals surface area contributed by atoms with Crippen LogP contribution in [-0.2, 0) is 9.47 Å². The van der Waals surface area contributed by atoms with Crippen molar-refractivity contribution in [2.24, 2.45) is 0 Å². The lowest BCUT2D eigenvalue weighted by molar-refractivity contribution is 0.0516. The summed E-state index contributed by atoms with van der Waals surface area (Å²) in [6, 6.07) is 7.22. The van der Waals surface area contributed by atoms with Gasteiger partial charge in [0.1, 0.15) is 23.0 Å². The normalized spacial score (nSPS) is 9.26. The minimum absolute atomic E-state index is 0. The predicted molar refractivity (Wildman–Crippen MR) is 95.1 cm³/mol. The summed E-state index contributed by atoms with van der Waals surface area (Å²) in [6.45, 7) is 3.88. The molecule has 0 fully saturated rings. The third-order valence-corrected chi connectivity index (χ3v) is 2.83. The molecular formula is C18H22O9. The van der Waals surface area contributed by atoms with Crippen LogP contribution < -0.4 is 0 Å². The highest BCUT2D eigenvalue weighted by Crippen LogP contribution is 2.21. The molecule has 6 N–H and O–H groups in total. The van der Waals surface area contributed by atoms with E-state index in [1.807, 2.05) is 0 Å². The predicted octanol–water partition coefficient (Wildman–Crippen LogP) is 1.72. The van der Waals surface area contributed by atoms with Crippen LogP contribution in [0, 0.1) is 0 Å². The number of ether oxygens (including phenoxy) is 2. The third-order valence-electron chi connectivity index (χ3n) is 2.83. The fourth-order valence-corrected chi connectivity index (χ4v) is 1.85. The topological polar surface area (TPSA) is 165 Å². The van der Waals surface area contributed by atoms with Crippen molar-refractivity contribution in [3.63, 3.8) is 0 Å². The number of aromatic hydroxyl groups is 4. The van der Waals surface area contributed by atoms with Crippen LogP contribution in [0.5, 0.6) is 23.0 Å². The highest BCUT2D eigenvalue weighted by molar-refractivity contribution is 5.90. The molecule has 9 heteroatoms. The Kier molecular flexibility index (Phi) is 9.78. The first-order valence-electron chi connectivity index (χ1n) is 7.67. The highest BCUT2D eigenvalue weighted by Gasteiger charge is 2.09. The number of phenols is 4. The molecule has 0 unspecified atom stereocenters. The van der Waals surface area contributed by atoms with Gasteiger partial charge < -0.3 is 35.4 Å². The molecule has 2 aromatic rings. The van der Waals surface area contributed by atoms with Crippen molar-refractivity contribution in [3.8, 4) is 23.0 Å². The molecule has 0 aliphatic heterocycles. The van der Waals surface area contributed by atoms with Gasteiger partial charge in [0, 0.05) is 12.1 Å². The molecule has 0 aliphatic carbocycles. The molecule has 0 saturated carbocycles. The molecule has 0 aliphatic rings. The van der Waals surface area contributed by atoms with Gasteiger partial charge in [0.25, 0.3) is 0 Å². The van der Waals surface area contributed by atoms with Gasteiger partial charge >= 0.3 is 11.9 Å². The number of carbonyl (C=O) groups excluding carboxylic acids is 2. The molecule has 2 rings (SSSR count). The third kappa shape index (κ3) is 7.97. The molecule has 0 saturated heterocycles. The number of carbonyl (C=O) groups is 2. The van der Waals surface area contributed by atoms with Gasteiger partial charge in [-0.05, 0) is 38.1 Å². The number of rotatable bonds is 4. The van der Waals surface area contributed by atoms with Crippen LogP contribution in [0.25, 0.3) is 0 Å². The number of benzene rings is 2. The fraction of sp³-hybridized carbons (Fsp3) is 0.222. The Hall–Kier alpha value is -3.46. The second-order valence-electron chi connectivity index (χ2n) is 4.92. The number of hydrogen-bond acceptors (Lipinski definition) is 8. The zero-order chi connectivity index (χ0) is 19.7. The Bertz CT molecular complexity index is 665. The van der Waals surface area contributed by atoms with E-state index in [2.05, 4.69) is 9.47 Å². The van der Waals surface area contributed by atoms with Crippen LogP contribution in [0.3, 0.4) is 0 Å². The van der Waals surface area contributed by atoms with Crippen molar-refractivity contribution >= 4 is 11.9 Å². The van der Waals surface area contributed by atoms with E-state index in [-0.39, 0.29) is 52.8 Å². The smallest absolute Gasteiger partial charge is 0.338 e. The van der Waals surface area contributed by atoms with Gasteiger partial charge in [0.2, 0.25) is 0 Å². The number of hydrogen-bond donors (Lipinski definition) is 4. The van der Waals surface area contributed by atoms with Crippen molar-refractivity contribution in [2.45, 2.75) is 13.8 Å². The van der Waals surface area contributed by atoms with Gasteiger partial charge in [-0.15, -0.1) is 0 Å². The largest absolute Gasteiger partial charge is 0.508 e. The van der Waals surface area contributed by atoms with E-state index >= 15 is 0 Å². The fourth-order valence-electron chi connectivity index (χ4n) is 1.85. The first-order chi connectivity index (χ1) is 12.3. The summed E-state index contributed by atoms with van der Waals surface area (Å²) < 4.78 is 9.35. The number of phenolic OH excluding ortho intramolecular Hbond substituents is 4. The van der Waals surface area contributed by atoms with E-state index in [0.29, 0.717) is 0 Å². The van der Waals surface area contributed by atoms with Crippen molar-refractivity contribution in [2.75, 3.05) is 13.2 Å². The summed E-state index contributed by atoms with van der Waals surface area (Å²) in [5.41, 5.74) is 0.277. The Morgan fingerprint density at radius 1 is 0.667 bits per heavy atom. The van der Waals surface area contributed by atoms with Gasteiger partial charge in [0.15, 0.2) is 0 Å². The summed E-state index contributed by atoms with van der Waals surface area (Å²) >= 11 is 0. The molecular weight excluding hydrogens is 360 g/mol. The SMILES string of the molecule is CCOC(=O)c1cc(O)cc(O)c1.CCOC(=O)c1cc(O)cc(O)c1.O. The van der Waals surface area contributed by atoms with E-state index < -0.39 is 11.9 Å². The molecule has 0 heterocycles. The lowest BCUT2D eigenvalue weighted by atomic mass is 10.2. The molecule has 2 aromatic carbocycles. The molecule has 9 nitrogen and oxygen atoms in total. The lowest BCUT2D eigenvalue weighted by Crippen LogP contribution is -2.03. The maximum atomic E-state index is 11.1. The minimum Gasteiger partial charge on any atom is -0.508 e. The Morgan fingerprint density at radius 3 is 1.15 bits per heavy atom. The van der Waals surface area contributed by atoms with E-state index in [0.717, 1.165) is 12.1 Å². The van der Waals surface area contributed by atoms with Crippen molar-refractivity contribution in [3.05, 3.63) is 47.5 Å². The maximum absolute atomic E-state index is 11.1. The average molecular weight is 382 g/mol. The van der Waals surface area contributed by atoms with Crippen LogP contribution >= 0.6 is 0 Å². The lowest BCUT2D eigenvalue weighted by Gasteiger charge is -2.02. The second-order valence-corrected chi connectivity index (χ2v) is 4.92. The Labute approximate surface area is 155 Å². The number of esters is 2. The summed E-state index contributed by atoms with van der Waals surface area (Å²) in [4.78, 5) is 22.2. The van der Waals surface area contributed by atoms with E-state index in [4.69, 9.17) is 20.4 Å². The van der Waals surface area contributed by atoms with Crippen LogP contribution in [-0.4, -0.2) is 51.1 Å². The minimum atomic E-state index is -0.561. The molecule has 0 radical (unpaired) electrons. The van der Waals surface area contributed by atoms with Crippen LogP contribution in [0.2, 0.25) is 0 Å². The van der Waals surface area contributed by atoms with Gasteiger partial charge in [-0.1, -0.05) is 0 Å². The van der Waals surface area contributed by atoms with E-state index in [1.54, 1.807) is 13.8 Å². The van der Waals surface area contributed by atoms with Gasteiger partial charge in [-0.3, -0.25) is 0 Å². The van der Waals surface area contributed by atoms with E-state index in [1.165, 1.54) is 24.3 Å². The van der Waals surface area contributed by atoms with Gasteiger partial charge in [0.05, 0.1) is 24.3 Å². The Balaban J connectivity index is 0.000000483. The van der Waals surface area contributed by atoms with Crippen LogP contribution in [0.15, 0.2) is 36.4 Å². The van der Waals surface area contributed by atoms with Crippen molar-refractivity contribution in [1.29, 1.82) is 0 Å². The second kappa shape index (κ2) is 11.2. The summed E-state index contributed by atoms with van der Waals surface area (Å²) in [5, 5.41) is 36.2. The Morgan fingerprint density at radius 2 is 0.926 bits per heavy atom. The summed E-state index contributed by atoms with van der Waals surface area (Å²) in [6.07, 6.45) is 0. The molecule has 0 spiro atoms. The van der Waals surface area contributed by atoms with Crippen molar-refractivity contribution < 1.29 is 45.0 Å². The first kappa shape index (κ1) is 23.5. The summed E-state index contributed by atoms with van der Waals surface area (Å²) in [5.74, 6) is -1.78. The molecule has 0 aromatic heterocycles. The zero-order valence-electron chi connectivity index (χ0n) is 14.8. The maximum Gasteiger partial charge on any atom is 0.338 e. The highest BCUT2D eigenvalue weighted by atomic mass is 16.5. The molecule has 148 valence electrons. The van der Waals surface area contributed by atoms with Crippen LogP contribution in [0.1, 0.15) is 34.6 Å². The molecule has 27 heavy (non-hydrogen) atoms. The van der Waals surface area contributed by atoms with Crippen LogP contribution in [0.4, 0.5) is 0 Å². The zero-order valence-corrected chi connectivity index (χ0v) is 14.8. The molecule has 0 bridgehead atoms. The van der Waals surface area contributed by atoms with Gasteiger partial charge in [-0.25, -0.2) is 9.59 Å². The molecule has 0 atom stereocenters. The monoisotopic (exact) mass is 382 g/mol. The quantitative estimate of drug-likeness (QED) is 0.580. The van der Waals surface area contributed by atoms with Gasteiger partial charge in [-0.2, -0.15) is 0 Å². The standard InChI is InChI=1S/2C9H10O4.H2O/c2*1-2-13-9(12)6-3-7(10)5-8(11)4-6;/h2*3-5,10-11H,2H2,1H3;1H2. The van der Waals surface area contributed by atoms with E-state index in [9.17, 15) is 9.59 Å². The first-order valence-corrected chi connectivity index (χ1v) is 7.67.